The molecule has 3 aromatic rings. The molecule has 1 aliphatic heterocycles. The minimum absolute atomic E-state index is 0.0406. The quantitative estimate of drug-likeness (QED) is 0.146. The number of nitrogens with zero attached hydrogens (tertiary/aromatic N) is 1. The van der Waals surface area contributed by atoms with Crippen molar-refractivity contribution in [1.82, 2.24) is 4.90 Å². The van der Waals surface area contributed by atoms with Gasteiger partial charge in [-0.1, -0.05) is 36.4 Å². The third kappa shape index (κ3) is 7.33. The molecule has 0 spiro atoms. The zero-order valence-corrected chi connectivity index (χ0v) is 25.5. The minimum Gasteiger partial charge on any atom is -0.497 e. The van der Waals surface area contributed by atoms with E-state index in [2.05, 4.69) is 5.92 Å². The molecule has 0 aromatic heterocycles. The van der Waals surface area contributed by atoms with Gasteiger partial charge < -0.3 is 29.0 Å². The number of aliphatic hydroxyl groups excluding tert-OH is 1. The Labute approximate surface area is 255 Å². The van der Waals surface area contributed by atoms with Gasteiger partial charge in [0.2, 0.25) is 5.91 Å². The van der Waals surface area contributed by atoms with Gasteiger partial charge in [-0.15, -0.1) is 12.3 Å². The second kappa shape index (κ2) is 15.0. The summed E-state index contributed by atoms with van der Waals surface area (Å²) < 4.78 is 23.5. The van der Waals surface area contributed by atoms with Crippen LogP contribution in [0.2, 0.25) is 0 Å². The zero-order valence-electron chi connectivity index (χ0n) is 25.5. The highest BCUT2D eigenvalue weighted by Gasteiger charge is 2.43. The van der Waals surface area contributed by atoms with Crippen molar-refractivity contribution in [3.05, 3.63) is 89.5 Å². The van der Waals surface area contributed by atoms with Crippen molar-refractivity contribution in [1.29, 1.82) is 0 Å². The van der Waals surface area contributed by atoms with Crippen molar-refractivity contribution in [3.63, 3.8) is 0 Å². The molecule has 7 heteroatoms. The van der Waals surface area contributed by atoms with Crippen LogP contribution in [0.1, 0.15) is 55.2 Å². The van der Waals surface area contributed by atoms with E-state index in [1.807, 2.05) is 77.7 Å². The Kier molecular flexibility index (Phi) is 11.1. The Bertz CT molecular complexity index is 1220. The van der Waals surface area contributed by atoms with Crippen LogP contribution in [-0.2, 0) is 15.1 Å². The highest BCUT2D eigenvalue weighted by Crippen LogP contribution is 2.44. The fourth-order valence-corrected chi connectivity index (χ4v) is 5.73. The van der Waals surface area contributed by atoms with Gasteiger partial charge in [0.1, 0.15) is 22.8 Å². The summed E-state index contributed by atoms with van der Waals surface area (Å²) in [7, 11) is 4.93. The Morgan fingerprint density at radius 1 is 0.814 bits per heavy atom. The number of hydrogen-bond acceptors (Lipinski definition) is 6. The van der Waals surface area contributed by atoms with Gasteiger partial charge in [-0.3, -0.25) is 4.79 Å². The maximum atomic E-state index is 12.8. The topological polar surface area (TPSA) is 77.5 Å². The van der Waals surface area contributed by atoms with E-state index in [-0.39, 0.29) is 19.1 Å². The summed E-state index contributed by atoms with van der Waals surface area (Å²) in [5, 5.41) is 10.7. The first-order valence-corrected chi connectivity index (χ1v) is 14.8. The average molecular weight is 586 g/mol. The first-order valence-electron chi connectivity index (χ1n) is 14.8. The van der Waals surface area contributed by atoms with Gasteiger partial charge in [0, 0.05) is 31.3 Å². The van der Waals surface area contributed by atoms with E-state index < -0.39 is 11.0 Å². The molecule has 0 unspecified atom stereocenters. The molecule has 0 aliphatic carbocycles. The lowest BCUT2D eigenvalue weighted by molar-refractivity contribution is -0.137. The van der Waals surface area contributed by atoms with E-state index in [1.54, 1.807) is 21.3 Å². The lowest BCUT2D eigenvalue weighted by Crippen LogP contribution is -2.48. The maximum absolute atomic E-state index is 12.8. The van der Waals surface area contributed by atoms with Gasteiger partial charge >= 0.3 is 0 Å². The summed E-state index contributed by atoms with van der Waals surface area (Å²) in [5.41, 5.74) is 1.22. The van der Waals surface area contributed by atoms with Crippen molar-refractivity contribution in [2.45, 2.75) is 44.1 Å². The third-order valence-corrected chi connectivity index (χ3v) is 8.56. The van der Waals surface area contributed by atoms with Crippen LogP contribution in [0, 0.1) is 17.8 Å². The van der Waals surface area contributed by atoms with Crippen molar-refractivity contribution < 1.29 is 28.8 Å². The molecule has 3 aromatic carbocycles. The number of ether oxygens (including phenoxy) is 4. The maximum Gasteiger partial charge on any atom is 0.222 e. The highest BCUT2D eigenvalue weighted by atomic mass is 16.5. The molecular formula is C36H43NO6. The molecule has 43 heavy (non-hydrogen) atoms. The molecule has 0 atom stereocenters. The fourth-order valence-electron chi connectivity index (χ4n) is 5.73. The van der Waals surface area contributed by atoms with E-state index in [9.17, 15) is 9.90 Å². The monoisotopic (exact) mass is 585 g/mol. The molecular weight excluding hydrogens is 542 g/mol. The second-order valence-electron chi connectivity index (χ2n) is 11.1. The largest absolute Gasteiger partial charge is 0.497 e. The van der Waals surface area contributed by atoms with Crippen molar-refractivity contribution >= 4 is 5.91 Å². The van der Waals surface area contributed by atoms with Gasteiger partial charge in [0.25, 0.3) is 0 Å². The van der Waals surface area contributed by atoms with Gasteiger partial charge in [-0.25, -0.2) is 0 Å². The number of piperidine rings is 1. The summed E-state index contributed by atoms with van der Waals surface area (Å²) in [6.45, 7) is 1.41. The number of rotatable bonds is 14. The number of carbonyl (C=O) groups is 1. The summed E-state index contributed by atoms with van der Waals surface area (Å²) in [5.74, 6) is 5.00. The van der Waals surface area contributed by atoms with E-state index in [4.69, 9.17) is 25.4 Å². The summed E-state index contributed by atoms with van der Waals surface area (Å²) >= 11 is 0. The molecule has 4 rings (SSSR count). The minimum atomic E-state index is -1.02. The normalized spacial score (nSPS) is 14.5. The molecule has 1 saturated heterocycles. The lowest BCUT2D eigenvalue weighted by atomic mass is 9.77. The third-order valence-electron chi connectivity index (χ3n) is 8.56. The van der Waals surface area contributed by atoms with E-state index in [1.165, 1.54) is 0 Å². The summed E-state index contributed by atoms with van der Waals surface area (Å²) in [6.07, 6.45) is 9.47. The van der Waals surface area contributed by atoms with Crippen molar-refractivity contribution in [2.75, 3.05) is 47.6 Å². The molecule has 228 valence electrons. The predicted molar refractivity (Wildman–Crippen MR) is 167 cm³/mol. The van der Waals surface area contributed by atoms with Crippen LogP contribution in [-0.4, -0.2) is 63.5 Å². The first kappa shape index (κ1) is 31.9. The predicted octanol–water partition coefficient (Wildman–Crippen LogP) is 5.82. The second-order valence-corrected chi connectivity index (χ2v) is 11.1. The van der Waals surface area contributed by atoms with Crippen LogP contribution in [0.4, 0.5) is 0 Å². The van der Waals surface area contributed by atoms with Gasteiger partial charge in [0.05, 0.1) is 34.5 Å². The molecule has 1 amide bonds. The Morgan fingerprint density at radius 3 is 1.63 bits per heavy atom. The zero-order chi connectivity index (χ0) is 30.7. The summed E-state index contributed by atoms with van der Waals surface area (Å²) in [4.78, 5) is 14.7. The molecule has 0 saturated carbocycles. The van der Waals surface area contributed by atoms with E-state index >= 15 is 0 Å². The Hall–Kier alpha value is -3.99. The van der Waals surface area contributed by atoms with Gasteiger partial charge in [0.15, 0.2) is 0 Å². The number of methoxy groups -OCH3 is 3. The van der Waals surface area contributed by atoms with Gasteiger partial charge in [-0.05, 0) is 78.8 Å². The van der Waals surface area contributed by atoms with Crippen LogP contribution in [0.5, 0.6) is 17.2 Å². The van der Waals surface area contributed by atoms with Crippen LogP contribution < -0.4 is 14.2 Å². The number of amides is 1. The first-order chi connectivity index (χ1) is 20.9. The van der Waals surface area contributed by atoms with Gasteiger partial charge in [-0.2, -0.15) is 0 Å². The molecule has 7 nitrogen and oxygen atoms in total. The Balaban J connectivity index is 1.68. The lowest BCUT2D eigenvalue weighted by Gasteiger charge is -2.44. The molecule has 1 aliphatic rings. The number of aliphatic hydroxyl groups is 1. The fraction of sp³-hybridized carbons (Fsp3) is 0.417. The highest BCUT2D eigenvalue weighted by molar-refractivity contribution is 5.76. The average Bonchev–Trinajstić information content (AvgIpc) is 3.08. The number of carbonyl (C=O) groups excluding carboxylic acids is 1. The number of likely N-dealkylation sites (tertiary alicyclic amines) is 1. The van der Waals surface area contributed by atoms with E-state index in [0.29, 0.717) is 38.8 Å². The Morgan fingerprint density at radius 2 is 1.26 bits per heavy atom. The standard InChI is InChI=1S/C36H43NO6/c1-5-6-7-8-9-34(39)37-24-22-35(26-38,23-25-37)27-43-36(28-10-16-31(40-2)17-11-28,29-12-18-32(41-3)19-13-29)30-14-20-33(42-4)21-15-30/h1,10-21,38H,6-9,22-27H2,2-4H3. The summed E-state index contributed by atoms with van der Waals surface area (Å²) in [6, 6.07) is 23.6. The molecule has 0 radical (unpaired) electrons. The van der Waals surface area contributed by atoms with Crippen LogP contribution >= 0.6 is 0 Å². The van der Waals surface area contributed by atoms with Crippen LogP contribution in [0.25, 0.3) is 0 Å². The van der Waals surface area contributed by atoms with E-state index in [0.717, 1.165) is 46.8 Å². The number of hydrogen-bond donors (Lipinski definition) is 1. The number of terminal acetylenes is 1. The van der Waals surface area contributed by atoms with Crippen molar-refractivity contribution in [2.24, 2.45) is 5.41 Å². The molecule has 1 N–H and O–H groups in total. The number of benzene rings is 3. The SMILES string of the molecule is C#CCCCCC(=O)N1CCC(CO)(COC(c2ccc(OC)cc2)(c2ccc(OC)cc2)c2ccc(OC)cc2)CC1. The molecule has 0 bridgehead atoms. The molecule has 1 heterocycles. The van der Waals surface area contributed by atoms with Crippen LogP contribution in [0.3, 0.4) is 0 Å². The van der Waals surface area contributed by atoms with Crippen LogP contribution in [0.15, 0.2) is 72.8 Å². The van der Waals surface area contributed by atoms with Crippen molar-refractivity contribution in [3.8, 4) is 29.6 Å². The smallest absolute Gasteiger partial charge is 0.222 e. The molecule has 1 fully saturated rings. The number of unbranched alkanes of at least 4 members (excludes halogenated alkanes) is 2.